The second-order valence-corrected chi connectivity index (χ2v) is 6.11. The van der Waals surface area contributed by atoms with Gasteiger partial charge in [0.25, 0.3) is 0 Å². The van der Waals surface area contributed by atoms with Gasteiger partial charge in [-0.1, -0.05) is 13.0 Å². The summed E-state index contributed by atoms with van der Waals surface area (Å²) in [6.07, 6.45) is 0.976. The topological polar surface area (TPSA) is 52.5 Å². The number of phenols is 1. The van der Waals surface area contributed by atoms with Gasteiger partial charge in [0.15, 0.2) is 0 Å². The van der Waals surface area contributed by atoms with Crippen molar-refractivity contribution in [3.63, 3.8) is 0 Å². The van der Waals surface area contributed by atoms with Gasteiger partial charge in [-0.3, -0.25) is 0 Å². The summed E-state index contributed by atoms with van der Waals surface area (Å²) in [4.78, 5) is 0. The molecule has 3 N–H and O–H groups in total. The number of aliphatic hydroxyl groups is 1. The van der Waals surface area contributed by atoms with Crippen LogP contribution in [0.1, 0.15) is 55.8 Å². The van der Waals surface area contributed by atoms with E-state index in [0.717, 1.165) is 12.0 Å². The van der Waals surface area contributed by atoms with E-state index in [1.807, 2.05) is 6.07 Å². The molecule has 0 saturated heterocycles. The third kappa shape index (κ3) is 2.52. The maximum Gasteiger partial charge on any atom is 0.120 e. The number of nitrogens with one attached hydrogen (secondary N) is 1. The molecular weight excluding hydrogens is 226 g/mol. The van der Waals surface area contributed by atoms with E-state index in [4.69, 9.17) is 0 Å². The Bertz CT molecular complexity index is 449. The molecule has 18 heavy (non-hydrogen) atoms. The van der Waals surface area contributed by atoms with Gasteiger partial charge in [0.05, 0.1) is 5.60 Å². The fourth-order valence-corrected chi connectivity index (χ4v) is 2.90. The zero-order valence-electron chi connectivity index (χ0n) is 11.6. The number of aryl methyl sites for hydroxylation is 1. The second kappa shape index (κ2) is 4.56. The Morgan fingerprint density at radius 3 is 2.61 bits per heavy atom. The van der Waals surface area contributed by atoms with Crippen LogP contribution in [0.3, 0.4) is 0 Å². The molecule has 1 aromatic rings. The van der Waals surface area contributed by atoms with Crippen LogP contribution >= 0.6 is 0 Å². The highest BCUT2D eigenvalue weighted by Gasteiger charge is 2.32. The van der Waals surface area contributed by atoms with Crippen LogP contribution in [0.2, 0.25) is 0 Å². The van der Waals surface area contributed by atoms with Crippen molar-refractivity contribution in [1.82, 2.24) is 5.32 Å². The van der Waals surface area contributed by atoms with Crippen LogP contribution in [0.25, 0.3) is 0 Å². The van der Waals surface area contributed by atoms with E-state index in [1.165, 1.54) is 11.1 Å². The van der Waals surface area contributed by atoms with E-state index >= 15 is 0 Å². The maximum absolute atomic E-state index is 10.1. The zero-order chi connectivity index (χ0) is 13.5. The molecule has 2 atom stereocenters. The summed E-state index contributed by atoms with van der Waals surface area (Å²) in [7, 11) is 0. The lowest BCUT2D eigenvalue weighted by molar-refractivity contribution is 0.0761. The Labute approximate surface area is 109 Å². The lowest BCUT2D eigenvalue weighted by Gasteiger charge is -2.22. The monoisotopic (exact) mass is 249 g/mol. The Morgan fingerprint density at radius 1 is 1.33 bits per heavy atom. The summed E-state index contributed by atoms with van der Waals surface area (Å²) in [5.41, 5.74) is 2.80. The molecule has 0 saturated carbocycles. The molecule has 1 aliphatic carbocycles. The van der Waals surface area contributed by atoms with Gasteiger partial charge in [0, 0.05) is 18.2 Å². The first kappa shape index (κ1) is 13.4. The summed E-state index contributed by atoms with van der Waals surface area (Å²) in [6, 6.07) is 3.88. The minimum Gasteiger partial charge on any atom is -0.508 e. The Morgan fingerprint density at radius 2 is 2.00 bits per heavy atom. The average Bonchev–Trinajstić information content (AvgIpc) is 2.59. The Kier molecular flexibility index (Phi) is 3.39. The second-order valence-electron chi connectivity index (χ2n) is 6.11. The van der Waals surface area contributed by atoms with Gasteiger partial charge in [-0.2, -0.15) is 0 Å². The largest absolute Gasteiger partial charge is 0.508 e. The zero-order valence-corrected chi connectivity index (χ0v) is 11.6. The molecule has 0 spiro atoms. The van der Waals surface area contributed by atoms with E-state index in [9.17, 15) is 10.2 Å². The first-order valence-electron chi connectivity index (χ1n) is 6.57. The van der Waals surface area contributed by atoms with Gasteiger partial charge in [-0.05, 0) is 50.3 Å². The normalized spacial score (nSPS) is 23.2. The van der Waals surface area contributed by atoms with Crippen LogP contribution in [0.4, 0.5) is 0 Å². The van der Waals surface area contributed by atoms with Gasteiger partial charge in [-0.25, -0.2) is 0 Å². The van der Waals surface area contributed by atoms with E-state index in [1.54, 1.807) is 19.9 Å². The quantitative estimate of drug-likeness (QED) is 0.772. The third-order valence-corrected chi connectivity index (χ3v) is 3.69. The molecule has 0 aliphatic heterocycles. The van der Waals surface area contributed by atoms with Crippen molar-refractivity contribution in [3.05, 3.63) is 28.8 Å². The molecule has 1 aromatic carbocycles. The van der Waals surface area contributed by atoms with Crippen LogP contribution in [-0.2, 0) is 0 Å². The molecule has 3 nitrogen and oxygen atoms in total. The van der Waals surface area contributed by atoms with E-state index in [2.05, 4.69) is 19.2 Å². The van der Waals surface area contributed by atoms with Crippen molar-refractivity contribution in [1.29, 1.82) is 0 Å². The molecule has 3 heteroatoms. The molecule has 2 rings (SSSR count). The molecule has 2 unspecified atom stereocenters. The fourth-order valence-electron chi connectivity index (χ4n) is 2.90. The number of hydrogen-bond acceptors (Lipinski definition) is 3. The summed E-state index contributed by atoms with van der Waals surface area (Å²) in [5, 5.41) is 23.2. The minimum absolute atomic E-state index is 0.140. The first-order valence-corrected chi connectivity index (χ1v) is 6.57. The molecule has 100 valence electrons. The van der Waals surface area contributed by atoms with Crippen LogP contribution in [0.5, 0.6) is 5.75 Å². The predicted octanol–water partition coefficient (Wildman–Crippen LogP) is 2.61. The molecule has 1 aliphatic rings. The average molecular weight is 249 g/mol. The van der Waals surface area contributed by atoms with Crippen molar-refractivity contribution in [2.24, 2.45) is 0 Å². The summed E-state index contributed by atoms with van der Waals surface area (Å²) in [6.45, 7) is 8.38. The number of phenolic OH excluding ortho intramolecular Hbond substituents is 1. The number of hydrogen-bond donors (Lipinski definition) is 3. The highest BCUT2D eigenvalue weighted by molar-refractivity contribution is 5.50. The molecule has 0 bridgehead atoms. The molecule has 0 aromatic heterocycles. The van der Waals surface area contributed by atoms with Crippen LogP contribution < -0.4 is 5.32 Å². The molecule has 0 amide bonds. The minimum atomic E-state index is -0.731. The lowest BCUT2D eigenvalue weighted by Crippen LogP contribution is -2.36. The van der Waals surface area contributed by atoms with Crippen LogP contribution in [-0.4, -0.2) is 22.4 Å². The van der Waals surface area contributed by atoms with Gasteiger partial charge >= 0.3 is 0 Å². The van der Waals surface area contributed by atoms with Crippen molar-refractivity contribution in [2.75, 3.05) is 6.54 Å². The van der Waals surface area contributed by atoms with Crippen molar-refractivity contribution >= 4 is 0 Å². The number of aromatic hydroxyl groups is 1. The Balaban J connectivity index is 2.27. The molecule has 0 fully saturated rings. The lowest BCUT2D eigenvalue weighted by atomic mass is 9.97. The first-order chi connectivity index (χ1) is 8.29. The number of benzene rings is 1. The molecule has 0 radical (unpaired) electrons. The highest BCUT2D eigenvalue weighted by Crippen LogP contribution is 2.45. The van der Waals surface area contributed by atoms with Gasteiger partial charge in [0.2, 0.25) is 0 Å². The highest BCUT2D eigenvalue weighted by atomic mass is 16.3. The molecule has 0 heterocycles. The van der Waals surface area contributed by atoms with Crippen molar-refractivity contribution in [3.8, 4) is 5.75 Å². The van der Waals surface area contributed by atoms with Crippen LogP contribution in [0, 0.1) is 6.92 Å². The predicted molar refractivity (Wildman–Crippen MR) is 72.9 cm³/mol. The maximum atomic E-state index is 10.1. The van der Waals surface area contributed by atoms with Crippen LogP contribution in [0.15, 0.2) is 12.1 Å². The van der Waals surface area contributed by atoms with Crippen molar-refractivity contribution < 1.29 is 10.2 Å². The number of fused-ring (bicyclic) bond motifs is 1. The summed E-state index contributed by atoms with van der Waals surface area (Å²) >= 11 is 0. The summed E-state index contributed by atoms with van der Waals surface area (Å²) in [5.74, 6) is 0.819. The van der Waals surface area contributed by atoms with E-state index in [-0.39, 0.29) is 6.04 Å². The van der Waals surface area contributed by atoms with Gasteiger partial charge < -0.3 is 15.5 Å². The summed E-state index contributed by atoms with van der Waals surface area (Å²) < 4.78 is 0. The van der Waals surface area contributed by atoms with Gasteiger partial charge in [-0.15, -0.1) is 0 Å². The number of rotatable bonds is 3. The molecular formula is C15H23NO2. The van der Waals surface area contributed by atoms with E-state index < -0.39 is 5.60 Å². The smallest absolute Gasteiger partial charge is 0.120 e. The SMILES string of the molecule is Cc1ccc(O)c2c1C(C)CC2NCC(C)(C)O. The third-order valence-electron chi connectivity index (χ3n) is 3.69. The van der Waals surface area contributed by atoms with E-state index in [0.29, 0.717) is 18.2 Å². The Hall–Kier alpha value is -1.06. The van der Waals surface area contributed by atoms with Crippen molar-refractivity contribution in [2.45, 2.75) is 51.7 Å². The fraction of sp³-hybridized carbons (Fsp3) is 0.600. The standard InChI is InChI=1S/C15H23NO2/c1-9-5-6-12(17)14-11(7-10(2)13(9)14)16-8-15(3,4)18/h5-6,10-11,16-18H,7-8H2,1-4H3. The van der Waals surface area contributed by atoms with Gasteiger partial charge in [0.1, 0.15) is 5.75 Å².